The molecule has 1 heterocycles. The Morgan fingerprint density at radius 1 is 0.829 bits per heavy atom. The summed E-state index contributed by atoms with van der Waals surface area (Å²) in [7, 11) is 0. The number of halogens is 3. The van der Waals surface area contributed by atoms with Crippen LogP contribution in [0.5, 0.6) is 0 Å². The number of hydrogen-bond donors (Lipinski definition) is 2. The van der Waals surface area contributed by atoms with Crippen molar-refractivity contribution >= 4 is 34.0 Å². The smallest absolute Gasteiger partial charge is 0.340 e. The van der Waals surface area contributed by atoms with E-state index in [0.717, 1.165) is 28.6 Å². The molecular weight excluding hydrogens is 451 g/mol. The average Bonchev–Trinajstić information content (AvgIpc) is 2.79. The second kappa shape index (κ2) is 9.06. The Morgan fingerprint density at radius 2 is 1.54 bits per heavy atom. The molecule has 0 unspecified atom stereocenters. The van der Waals surface area contributed by atoms with Gasteiger partial charge in [0.25, 0.3) is 5.91 Å². The fraction of sp³-hybridized carbons (Fsp3) is 0.214. The first kappa shape index (κ1) is 24.3. The van der Waals surface area contributed by atoms with Gasteiger partial charge in [-0.1, -0.05) is 39.0 Å². The molecule has 0 fully saturated rings. The highest BCUT2D eigenvalue weighted by Gasteiger charge is 2.30. The lowest BCUT2D eigenvalue weighted by molar-refractivity contribution is -0.137. The van der Waals surface area contributed by atoms with Crippen molar-refractivity contribution in [2.45, 2.75) is 39.3 Å². The van der Waals surface area contributed by atoms with Gasteiger partial charge in [0.1, 0.15) is 5.82 Å². The fourth-order valence-electron chi connectivity index (χ4n) is 3.78. The Hall–Kier alpha value is -3.87. The largest absolute Gasteiger partial charge is 0.416 e. The van der Waals surface area contributed by atoms with Gasteiger partial charge < -0.3 is 10.6 Å². The normalized spacial score (nSPS) is 12.0. The number of hydrogen-bond acceptors (Lipinski definition) is 3. The minimum atomic E-state index is -4.42. The van der Waals surface area contributed by atoms with E-state index in [2.05, 4.69) is 36.4 Å². The summed E-state index contributed by atoms with van der Waals surface area (Å²) in [4.78, 5) is 17.3. The SMILES string of the molecule is Cc1cc(Nc2cccc(C(F)(F)F)c2)nc2ccc(NC(=O)c3ccc(C(C)(C)C)cc3)cc12. The number of alkyl halides is 3. The van der Waals surface area contributed by atoms with Crippen LogP contribution in [0.4, 0.5) is 30.4 Å². The molecule has 0 aliphatic carbocycles. The molecule has 35 heavy (non-hydrogen) atoms. The first-order valence-corrected chi connectivity index (χ1v) is 11.2. The van der Waals surface area contributed by atoms with Crippen LogP contribution in [0.3, 0.4) is 0 Å². The topological polar surface area (TPSA) is 54.0 Å². The first-order valence-electron chi connectivity index (χ1n) is 11.2. The molecule has 0 saturated carbocycles. The zero-order chi connectivity index (χ0) is 25.4. The van der Waals surface area contributed by atoms with Crippen molar-refractivity contribution in [2.24, 2.45) is 0 Å². The second-order valence-electron chi connectivity index (χ2n) is 9.54. The van der Waals surface area contributed by atoms with Crippen LogP contribution in [-0.2, 0) is 11.6 Å². The van der Waals surface area contributed by atoms with Crippen molar-refractivity contribution < 1.29 is 18.0 Å². The van der Waals surface area contributed by atoms with Gasteiger partial charge in [0.05, 0.1) is 11.1 Å². The van der Waals surface area contributed by atoms with E-state index in [9.17, 15) is 18.0 Å². The molecule has 0 radical (unpaired) electrons. The number of anilines is 3. The van der Waals surface area contributed by atoms with Crippen molar-refractivity contribution in [3.63, 3.8) is 0 Å². The Morgan fingerprint density at radius 3 is 2.20 bits per heavy atom. The molecule has 180 valence electrons. The van der Waals surface area contributed by atoms with Gasteiger partial charge in [0.2, 0.25) is 0 Å². The predicted molar refractivity (Wildman–Crippen MR) is 134 cm³/mol. The van der Waals surface area contributed by atoms with Crippen molar-refractivity contribution in [3.05, 3.63) is 95.1 Å². The van der Waals surface area contributed by atoms with Crippen molar-refractivity contribution in [2.75, 3.05) is 10.6 Å². The number of carbonyl (C=O) groups excluding carboxylic acids is 1. The molecule has 0 spiro atoms. The minimum absolute atomic E-state index is 0.00667. The Bertz CT molecular complexity index is 1390. The molecule has 0 aliphatic rings. The van der Waals surface area contributed by atoms with Crippen LogP contribution in [0.2, 0.25) is 0 Å². The number of nitrogens with one attached hydrogen (secondary N) is 2. The van der Waals surface area contributed by atoms with E-state index in [-0.39, 0.29) is 11.3 Å². The van der Waals surface area contributed by atoms with Crippen molar-refractivity contribution in [1.29, 1.82) is 0 Å². The highest BCUT2D eigenvalue weighted by molar-refractivity contribution is 6.05. The maximum absolute atomic E-state index is 13.0. The number of pyridine rings is 1. The summed E-state index contributed by atoms with van der Waals surface area (Å²) in [6, 6.07) is 19.7. The number of fused-ring (bicyclic) bond motifs is 1. The van der Waals surface area contributed by atoms with Crippen LogP contribution in [-0.4, -0.2) is 10.9 Å². The number of amides is 1. The third-order valence-corrected chi connectivity index (χ3v) is 5.75. The van der Waals surface area contributed by atoms with Gasteiger partial charge in [0, 0.05) is 22.3 Å². The van der Waals surface area contributed by atoms with Crippen LogP contribution < -0.4 is 10.6 Å². The molecule has 4 rings (SSSR count). The first-order chi connectivity index (χ1) is 16.4. The lowest BCUT2D eigenvalue weighted by Crippen LogP contribution is -2.14. The number of benzene rings is 3. The molecule has 7 heteroatoms. The molecule has 0 saturated heterocycles. The van der Waals surface area contributed by atoms with Crippen LogP contribution >= 0.6 is 0 Å². The maximum atomic E-state index is 13.0. The van der Waals surface area contributed by atoms with E-state index >= 15 is 0 Å². The zero-order valence-electron chi connectivity index (χ0n) is 19.9. The van der Waals surface area contributed by atoms with Gasteiger partial charge in [-0.2, -0.15) is 13.2 Å². The van der Waals surface area contributed by atoms with E-state index in [1.54, 1.807) is 24.3 Å². The number of rotatable bonds is 4. The minimum Gasteiger partial charge on any atom is -0.340 e. The number of aromatic nitrogens is 1. The lowest BCUT2D eigenvalue weighted by Gasteiger charge is -2.19. The molecule has 3 aromatic carbocycles. The Kier molecular flexibility index (Phi) is 6.28. The second-order valence-corrected chi connectivity index (χ2v) is 9.54. The summed E-state index contributed by atoms with van der Waals surface area (Å²) < 4.78 is 39.0. The van der Waals surface area contributed by atoms with Crippen LogP contribution in [0.15, 0.2) is 72.8 Å². The molecule has 1 amide bonds. The lowest BCUT2D eigenvalue weighted by atomic mass is 9.87. The fourth-order valence-corrected chi connectivity index (χ4v) is 3.78. The van der Waals surface area contributed by atoms with Crippen molar-refractivity contribution in [3.8, 4) is 0 Å². The molecule has 0 atom stereocenters. The standard InChI is InChI=1S/C28H26F3N3O/c1-17-14-25(32-21-7-5-6-20(15-21)28(29,30)31)34-24-13-12-22(16-23(17)24)33-26(35)18-8-10-19(11-9-18)27(2,3)4/h5-16H,1-4H3,(H,32,34)(H,33,35). The van der Waals surface area contributed by atoms with E-state index < -0.39 is 11.7 Å². The summed E-state index contributed by atoms with van der Waals surface area (Å²) in [5, 5.41) is 6.71. The Labute approximate surface area is 202 Å². The molecule has 0 bridgehead atoms. The highest BCUT2D eigenvalue weighted by Crippen LogP contribution is 2.32. The zero-order valence-corrected chi connectivity index (χ0v) is 19.9. The highest BCUT2D eigenvalue weighted by atomic mass is 19.4. The molecule has 4 aromatic rings. The average molecular weight is 478 g/mol. The molecule has 1 aromatic heterocycles. The number of nitrogens with zero attached hydrogens (tertiary/aromatic N) is 1. The third-order valence-electron chi connectivity index (χ3n) is 5.75. The summed E-state index contributed by atoms with van der Waals surface area (Å²) in [6.07, 6.45) is -4.42. The monoisotopic (exact) mass is 477 g/mol. The van der Waals surface area contributed by atoms with Gasteiger partial charge in [-0.3, -0.25) is 4.79 Å². The van der Waals surface area contributed by atoms with Gasteiger partial charge >= 0.3 is 6.18 Å². The van der Waals surface area contributed by atoms with Crippen LogP contribution in [0.1, 0.15) is 47.8 Å². The Balaban J connectivity index is 1.54. The quantitative estimate of drug-likeness (QED) is 0.315. The van der Waals surface area contributed by atoms with Crippen LogP contribution in [0, 0.1) is 6.92 Å². The molecule has 4 nitrogen and oxygen atoms in total. The van der Waals surface area contributed by atoms with Gasteiger partial charge in [0.15, 0.2) is 0 Å². The molecular formula is C28H26F3N3O. The summed E-state index contributed by atoms with van der Waals surface area (Å²) in [6.45, 7) is 8.24. The maximum Gasteiger partial charge on any atom is 0.416 e. The summed E-state index contributed by atoms with van der Waals surface area (Å²) in [5.41, 5.74) is 3.45. The van der Waals surface area contributed by atoms with Gasteiger partial charge in [-0.25, -0.2) is 4.98 Å². The van der Waals surface area contributed by atoms with Crippen LogP contribution in [0.25, 0.3) is 10.9 Å². The summed E-state index contributed by atoms with van der Waals surface area (Å²) >= 11 is 0. The van der Waals surface area contributed by atoms with E-state index in [0.29, 0.717) is 28.3 Å². The number of carbonyl (C=O) groups is 1. The number of aryl methyl sites for hydroxylation is 1. The van der Waals surface area contributed by atoms with E-state index in [1.165, 1.54) is 6.07 Å². The van der Waals surface area contributed by atoms with Gasteiger partial charge in [-0.05, 0) is 78.1 Å². The van der Waals surface area contributed by atoms with E-state index in [1.807, 2.05) is 37.3 Å². The van der Waals surface area contributed by atoms with Crippen molar-refractivity contribution in [1.82, 2.24) is 4.98 Å². The summed E-state index contributed by atoms with van der Waals surface area (Å²) in [5.74, 6) is 0.225. The third kappa shape index (κ3) is 5.62. The van der Waals surface area contributed by atoms with E-state index in [4.69, 9.17) is 0 Å². The predicted octanol–water partition coefficient (Wildman–Crippen LogP) is 7.86. The van der Waals surface area contributed by atoms with Gasteiger partial charge in [-0.15, -0.1) is 0 Å². The molecule has 2 N–H and O–H groups in total. The molecule has 0 aliphatic heterocycles.